The molecule has 5 aromatic carbocycles. The fourth-order valence-corrected chi connectivity index (χ4v) is 6.49. The lowest BCUT2D eigenvalue weighted by atomic mass is 10.1. The number of benzene rings is 5. The summed E-state index contributed by atoms with van der Waals surface area (Å²) in [5, 5.41) is 0. The maximum Gasteiger partial charge on any atom is 0.262 e. The average Bonchev–Trinajstić information content (AvgIpc) is 3.01. The number of aryl methyl sites for hydroxylation is 2. The smallest absolute Gasteiger partial charge is 0.262 e. The van der Waals surface area contributed by atoms with Crippen molar-refractivity contribution in [1.82, 2.24) is 0 Å². The van der Waals surface area contributed by atoms with E-state index in [4.69, 9.17) is 9.47 Å². The lowest BCUT2D eigenvalue weighted by molar-refractivity contribution is 0.287. The van der Waals surface area contributed by atoms with Crippen molar-refractivity contribution in [2.24, 2.45) is 0 Å². The molecule has 0 unspecified atom stereocenters. The summed E-state index contributed by atoms with van der Waals surface area (Å²) in [5.41, 5.74) is 4.20. The van der Waals surface area contributed by atoms with Crippen molar-refractivity contribution in [1.29, 1.82) is 0 Å². The zero-order valence-electron chi connectivity index (χ0n) is 24.2. The van der Waals surface area contributed by atoms with E-state index in [9.17, 15) is 16.8 Å². The Morgan fingerprint density at radius 2 is 0.818 bits per heavy atom. The van der Waals surface area contributed by atoms with Crippen LogP contribution < -0.4 is 18.9 Å². The summed E-state index contributed by atoms with van der Waals surface area (Å²) in [4.78, 5) is 0.309. The molecule has 0 atom stereocenters. The number of ether oxygens (including phenoxy) is 2. The van der Waals surface area contributed by atoms with Crippen LogP contribution in [0.5, 0.6) is 11.5 Å². The van der Waals surface area contributed by atoms with Crippen LogP contribution in [0.4, 0.5) is 11.4 Å². The molecule has 226 valence electrons. The molecule has 5 aromatic rings. The first kappa shape index (κ1) is 30.7. The first-order chi connectivity index (χ1) is 21.1. The van der Waals surface area contributed by atoms with E-state index < -0.39 is 20.0 Å². The van der Waals surface area contributed by atoms with Gasteiger partial charge in [-0.1, -0.05) is 83.9 Å². The molecule has 2 N–H and O–H groups in total. The Labute approximate surface area is 258 Å². The Balaban J connectivity index is 1.28. The largest absolute Gasteiger partial charge is 0.487 e. The van der Waals surface area contributed by atoms with Gasteiger partial charge in [0.1, 0.15) is 24.7 Å². The van der Waals surface area contributed by atoms with Gasteiger partial charge in [-0.15, -0.1) is 0 Å². The zero-order valence-corrected chi connectivity index (χ0v) is 25.9. The SMILES string of the molecule is Cc1ccc(S(=O)(=O)Nc2ccccc2OCc2ccccc2COc2ccccc2NS(=O)(=O)c2ccc(C)cc2)cc1. The molecule has 8 nitrogen and oxygen atoms in total. The van der Waals surface area contributed by atoms with Crippen molar-refractivity contribution in [2.75, 3.05) is 9.44 Å². The summed E-state index contributed by atoms with van der Waals surface area (Å²) in [7, 11) is -7.64. The Morgan fingerprint density at radius 1 is 0.477 bits per heavy atom. The zero-order chi connectivity index (χ0) is 31.2. The highest BCUT2D eigenvalue weighted by Gasteiger charge is 2.18. The van der Waals surface area contributed by atoms with E-state index in [2.05, 4.69) is 9.44 Å². The molecule has 0 amide bonds. The van der Waals surface area contributed by atoms with Crippen molar-refractivity contribution in [3.8, 4) is 11.5 Å². The molecule has 0 saturated heterocycles. The number of rotatable bonds is 12. The fraction of sp³-hybridized carbons (Fsp3) is 0.118. The molecule has 0 saturated carbocycles. The average molecular weight is 629 g/mol. The molecule has 10 heteroatoms. The second-order valence-corrected chi connectivity index (χ2v) is 13.5. The van der Waals surface area contributed by atoms with Crippen LogP contribution in [-0.2, 0) is 33.3 Å². The Morgan fingerprint density at radius 3 is 1.20 bits per heavy atom. The van der Waals surface area contributed by atoms with Gasteiger partial charge < -0.3 is 9.47 Å². The molecule has 0 aliphatic heterocycles. The van der Waals surface area contributed by atoms with Gasteiger partial charge in [0.25, 0.3) is 20.0 Å². The molecule has 0 radical (unpaired) electrons. The summed E-state index contributed by atoms with van der Waals surface area (Å²) in [6.45, 7) is 4.07. The minimum atomic E-state index is -3.82. The molecule has 5 rings (SSSR count). The second-order valence-electron chi connectivity index (χ2n) is 10.2. The maximum absolute atomic E-state index is 13.0. The summed E-state index contributed by atoms with van der Waals surface area (Å²) in [6.07, 6.45) is 0. The lowest BCUT2D eigenvalue weighted by Crippen LogP contribution is -2.14. The summed E-state index contributed by atoms with van der Waals surface area (Å²) < 4.78 is 69.4. The van der Waals surface area contributed by atoms with Gasteiger partial charge in [0.05, 0.1) is 21.2 Å². The predicted molar refractivity (Wildman–Crippen MR) is 172 cm³/mol. The van der Waals surface area contributed by atoms with Gasteiger partial charge in [-0.3, -0.25) is 9.44 Å². The third kappa shape index (κ3) is 7.58. The van der Waals surface area contributed by atoms with Crippen molar-refractivity contribution in [3.63, 3.8) is 0 Å². The van der Waals surface area contributed by atoms with Crippen molar-refractivity contribution < 1.29 is 26.3 Å². The van der Waals surface area contributed by atoms with Gasteiger partial charge >= 0.3 is 0 Å². The molecular weight excluding hydrogens is 597 g/mol. The van der Waals surface area contributed by atoms with Crippen LogP contribution in [0.25, 0.3) is 0 Å². The molecule has 0 fully saturated rings. The molecule has 0 heterocycles. The third-order valence-electron chi connectivity index (χ3n) is 6.81. The number of hydrogen-bond acceptors (Lipinski definition) is 6. The summed E-state index contributed by atoms with van der Waals surface area (Å²) in [6, 6.07) is 34.4. The highest BCUT2D eigenvalue weighted by molar-refractivity contribution is 7.93. The normalized spacial score (nSPS) is 11.5. The third-order valence-corrected chi connectivity index (χ3v) is 9.57. The van der Waals surface area contributed by atoms with E-state index in [1.807, 2.05) is 38.1 Å². The minimum absolute atomic E-state index is 0.143. The first-order valence-electron chi connectivity index (χ1n) is 13.8. The number of para-hydroxylation sites is 4. The number of nitrogens with one attached hydrogen (secondary N) is 2. The van der Waals surface area contributed by atoms with Gasteiger partial charge in [0.15, 0.2) is 0 Å². The van der Waals surface area contributed by atoms with E-state index in [0.717, 1.165) is 22.3 Å². The van der Waals surface area contributed by atoms with Crippen molar-refractivity contribution in [2.45, 2.75) is 36.9 Å². The highest BCUT2D eigenvalue weighted by Crippen LogP contribution is 2.30. The van der Waals surface area contributed by atoms with Crippen molar-refractivity contribution >= 4 is 31.4 Å². The molecule has 0 bridgehead atoms. The standard InChI is InChI=1S/C34H32N2O6S2/c1-25-15-19-29(20-16-25)43(37,38)35-31-11-5-7-13-33(31)41-23-27-9-3-4-10-28(27)24-42-34-14-8-6-12-32(34)36-44(39,40)30-21-17-26(2)18-22-30/h3-22,35-36H,23-24H2,1-2H3. The van der Waals surface area contributed by atoms with E-state index >= 15 is 0 Å². The molecule has 44 heavy (non-hydrogen) atoms. The Bertz CT molecular complexity index is 1810. The predicted octanol–water partition coefficient (Wildman–Crippen LogP) is 7.06. The van der Waals surface area contributed by atoms with Crippen LogP contribution in [0.2, 0.25) is 0 Å². The van der Waals surface area contributed by atoms with Gasteiger partial charge in [-0.2, -0.15) is 0 Å². The molecular formula is C34H32N2O6S2. The minimum Gasteiger partial charge on any atom is -0.487 e. The summed E-state index contributed by atoms with van der Waals surface area (Å²) >= 11 is 0. The quantitative estimate of drug-likeness (QED) is 0.153. The monoisotopic (exact) mass is 628 g/mol. The fourth-order valence-electron chi connectivity index (χ4n) is 4.35. The number of anilines is 2. The topological polar surface area (TPSA) is 111 Å². The van der Waals surface area contributed by atoms with E-state index in [-0.39, 0.29) is 23.0 Å². The van der Waals surface area contributed by atoms with Crippen LogP contribution in [0.3, 0.4) is 0 Å². The van der Waals surface area contributed by atoms with E-state index in [1.54, 1.807) is 97.1 Å². The highest BCUT2D eigenvalue weighted by atomic mass is 32.2. The van der Waals surface area contributed by atoms with Crippen LogP contribution in [-0.4, -0.2) is 16.8 Å². The number of sulfonamides is 2. The van der Waals surface area contributed by atoms with E-state index in [1.165, 1.54) is 0 Å². The maximum atomic E-state index is 13.0. The van der Waals surface area contributed by atoms with Gasteiger partial charge in [-0.05, 0) is 73.5 Å². The molecule has 0 aromatic heterocycles. The Kier molecular flexibility index (Phi) is 9.22. The van der Waals surface area contributed by atoms with Gasteiger partial charge in [-0.25, -0.2) is 16.8 Å². The summed E-state index contributed by atoms with van der Waals surface area (Å²) in [5.74, 6) is 0.740. The Hall–Kier alpha value is -4.80. The van der Waals surface area contributed by atoms with Crippen LogP contribution in [0.1, 0.15) is 22.3 Å². The van der Waals surface area contributed by atoms with Crippen molar-refractivity contribution in [3.05, 3.63) is 144 Å². The van der Waals surface area contributed by atoms with Crippen LogP contribution in [0, 0.1) is 13.8 Å². The first-order valence-corrected chi connectivity index (χ1v) is 16.8. The second kappa shape index (κ2) is 13.2. The number of hydrogen-bond donors (Lipinski definition) is 2. The molecule has 0 spiro atoms. The van der Waals surface area contributed by atoms with Crippen LogP contribution in [0.15, 0.2) is 131 Å². The van der Waals surface area contributed by atoms with Gasteiger partial charge in [0.2, 0.25) is 0 Å². The van der Waals surface area contributed by atoms with Gasteiger partial charge in [0, 0.05) is 0 Å². The molecule has 0 aliphatic rings. The lowest BCUT2D eigenvalue weighted by Gasteiger charge is -2.17. The molecule has 0 aliphatic carbocycles. The van der Waals surface area contributed by atoms with E-state index in [0.29, 0.717) is 22.9 Å². The van der Waals surface area contributed by atoms with Crippen LogP contribution >= 0.6 is 0 Å².